The van der Waals surface area contributed by atoms with Gasteiger partial charge < -0.3 is 15.1 Å². The van der Waals surface area contributed by atoms with Crippen molar-refractivity contribution < 1.29 is 15.0 Å². The molecule has 3 saturated carbocycles. The van der Waals surface area contributed by atoms with Gasteiger partial charge in [0.1, 0.15) is 5.75 Å². The lowest BCUT2D eigenvalue weighted by molar-refractivity contribution is -0.135. The van der Waals surface area contributed by atoms with Crippen LogP contribution in [0.1, 0.15) is 51.5 Å². The van der Waals surface area contributed by atoms with E-state index in [0.717, 1.165) is 37.7 Å². The van der Waals surface area contributed by atoms with Gasteiger partial charge >= 0.3 is 0 Å². The molecule has 1 aromatic rings. The molecule has 3 aliphatic carbocycles. The summed E-state index contributed by atoms with van der Waals surface area (Å²) in [6, 6.07) is 7.45. The number of benzene rings is 1. The molecule has 1 aliphatic heterocycles. The predicted molar refractivity (Wildman–Crippen MR) is 118 cm³/mol. The molecule has 4 nitrogen and oxygen atoms in total. The first kappa shape index (κ1) is 19.9. The fourth-order valence-electron chi connectivity index (χ4n) is 7.63. The maximum absolute atomic E-state index is 12.6. The molecular weight excluding hydrogens is 374 g/mol. The van der Waals surface area contributed by atoms with Crippen LogP contribution in [0.3, 0.4) is 0 Å². The molecule has 4 aliphatic rings. The lowest BCUT2D eigenvalue weighted by Gasteiger charge is -2.60. The molecule has 1 amide bonds. The van der Waals surface area contributed by atoms with Gasteiger partial charge in [-0.1, -0.05) is 38.1 Å². The summed E-state index contributed by atoms with van der Waals surface area (Å²) < 4.78 is 0. The zero-order valence-electron chi connectivity index (χ0n) is 18.2. The van der Waals surface area contributed by atoms with E-state index in [9.17, 15) is 15.0 Å². The highest BCUT2D eigenvalue weighted by Gasteiger charge is 2.61. The van der Waals surface area contributed by atoms with Crippen molar-refractivity contribution in [2.75, 3.05) is 7.05 Å². The van der Waals surface area contributed by atoms with Crippen molar-refractivity contribution in [1.82, 2.24) is 4.90 Å². The monoisotopic (exact) mass is 407 g/mol. The van der Waals surface area contributed by atoms with Gasteiger partial charge in [-0.05, 0) is 79.1 Å². The Morgan fingerprint density at radius 3 is 2.67 bits per heavy atom. The number of aliphatic hydroxyl groups is 1. The van der Waals surface area contributed by atoms with Crippen molar-refractivity contribution in [1.29, 1.82) is 0 Å². The van der Waals surface area contributed by atoms with Crippen LogP contribution < -0.4 is 0 Å². The zero-order valence-corrected chi connectivity index (χ0v) is 18.2. The molecule has 30 heavy (non-hydrogen) atoms. The van der Waals surface area contributed by atoms with E-state index in [-0.39, 0.29) is 34.6 Å². The second-order valence-electron chi connectivity index (χ2n) is 10.5. The normalized spacial score (nSPS) is 44.0. The Morgan fingerprint density at radius 2 is 1.90 bits per heavy atom. The number of carbonyl (C=O) groups excluding carboxylic acids is 1. The molecule has 2 N–H and O–H groups in total. The summed E-state index contributed by atoms with van der Waals surface area (Å²) in [6.07, 6.45) is 10.9. The number of carbonyl (C=O) groups is 1. The van der Waals surface area contributed by atoms with E-state index >= 15 is 0 Å². The third kappa shape index (κ3) is 2.65. The predicted octanol–water partition coefficient (Wildman–Crippen LogP) is 4.39. The summed E-state index contributed by atoms with van der Waals surface area (Å²) in [5, 5.41) is 21.2. The first-order valence-electron chi connectivity index (χ1n) is 11.4. The fraction of sp³-hybridized carbons (Fsp3) is 0.577. The number of likely N-dealkylation sites (N-methyl/N-ethyl adjacent to an activating group) is 1. The second kappa shape index (κ2) is 6.71. The van der Waals surface area contributed by atoms with E-state index in [1.54, 1.807) is 12.1 Å². The summed E-state index contributed by atoms with van der Waals surface area (Å²) in [4.78, 5) is 14.5. The van der Waals surface area contributed by atoms with Crippen LogP contribution >= 0.6 is 0 Å². The van der Waals surface area contributed by atoms with Crippen LogP contribution in [0.5, 0.6) is 5.75 Å². The van der Waals surface area contributed by atoms with Crippen LogP contribution in [0.15, 0.2) is 42.0 Å². The number of fused-ring (bicyclic) bond motifs is 5. The molecule has 4 heteroatoms. The van der Waals surface area contributed by atoms with E-state index in [0.29, 0.717) is 17.8 Å². The number of para-hydroxylation sites is 1. The highest BCUT2D eigenvalue weighted by Crippen LogP contribution is 2.64. The van der Waals surface area contributed by atoms with E-state index in [4.69, 9.17) is 0 Å². The first-order valence-corrected chi connectivity index (χ1v) is 11.4. The molecule has 0 spiro atoms. The minimum absolute atomic E-state index is 0.00443. The Hall–Kier alpha value is -2.07. The Labute approximate surface area is 179 Å². The topological polar surface area (TPSA) is 60.8 Å². The van der Waals surface area contributed by atoms with E-state index < -0.39 is 0 Å². The van der Waals surface area contributed by atoms with Crippen molar-refractivity contribution in [3.8, 4) is 5.75 Å². The number of phenols is 1. The molecule has 0 bridgehead atoms. The maximum atomic E-state index is 12.6. The number of hydrogen-bond acceptors (Lipinski definition) is 3. The minimum Gasteiger partial charge on any atom is -0.507 e. The summed E-state index contributed by atoms with van der Waals surface area (Å²) in [6.45, 7) is 4.61. The van der Waals surface area contributed by atoms with Gasteiger partial charge in [-0.25, -0.2) is 0 Å². The van der Waals surface area contributed by atoms with Crippen molar-refractivity contribution in [2.45, 2.75) is 58.1 Å². The quantitative estimate of drug-likeness (QED) is 0.726. The standard InChI is InChI=1S/C26H33NO3/c1-25-12-10-20-18(19(25)8-9-22(25)29)15-17(14-16-6-4-5-7-21(16)28)24-26(20,2)13-11-23(30)27(24)3/h4-7,11,13-14,18-20,22,24,28-29H,8-10,12,15H2,1-3H3/t18-,19-,20-,22-,24+,25-,26+/m0/s1. The highest BCUT2D eigenvalue weighted by atomic mass is 16.3. The Balaban J connectivity index is 1.64. The molecule has 0 radical (unpaired) electrons. The number of nitrogens with zero attached hydrogens (tertiary/aromatic N) is 1. The van der Waals surface area contributed by atoms with Gasteiger partial charge in [0.2, 0.25) is 5.91 Å². The fourth-order valence-corrected chi connectivity index (χ4v) is 7.63. The average molecular weight is 408 g/mol. The van der Waals surface area contributed by atoms with Crippen LogP contribution in [0.25, 0.3) is 6.08 Å². The number of amides is 1. The van der Waals surface area contributed by atoms with Gasteiger partial charge in [-0.2, -0.15) is 0 Å². The molecule has 160 valence electrons. The largest absolute Gasteiger partial charge is 0.507 e. The maximum Gasteiger partial charge on any atom is 0.246 e. The van der Waals surface area contributed by atoms with Gasteiger partial charge in [-0.3, -0.25) is 4.79 Å². The molecule has 3 fully saturated rings. The van der Waals surface area contributed by atoms with Crippen LogP contribution in [0.4, 0.5) is 0 Å². The molecule has 0 unspecified atom stereocenters. The van der Waals surface area contributed by atoms with Crippen LogP contribution in [0.2, 0.25) is 0 Å². The van der Waals surface area contributed by atoms with E-state index in [1.165, 1.54) is 5.57 Å². The third-order valence-corrected chi connectivity index (χ3v) is 9.20. The van der Waals surface area contributed by atoms with Gasteiger partial charge in [0.05, 0.1) is 12.1 Å². The molecule has 5 rings (SSSR count). The van der Waals surface area contributed by atoms with Crippen molar-refractivity contribution in [2.24, 2.45) is 28.6 Å². The second-order valence-corrected chi connectivity index (χ2v) is 10.5. The molecule has 0 saturated heterocycles. The average Bonchev–Trinajstić information content (AvgIpc) is 3.02. The van der Waals surface area contributed by atoms with E-state index in [1.807, 2.05) is 30.1 Å². The summed E-state index contributed by atoms with van der Waals surface area (Å²) in [5.74, 6) is 1.83. The van der Waals surface area contributed by atoms with Gasteiger partial charge in [0.15, 0.2) is 0 Å². The Morgan fingerprint density at radius 1 is 1.13 bits per heavy atom. The van der Waals surface area contributed by atoms with Crippen LogP contribution in [0, 0.1) is 28.6 Å². The molecule has 1 heterocycles. The third-order valence-electron chi connectivity index (χ3n) is 9.20. The van der Waals surface area contributed by atoms with E-state index in [2.05, 4.69) is 26.0 Å². The summed E-state index contributed by atoms with van der Waals surface area (Å²) in [7, 11) is 1.92. The Bertz CT molecular complexity index is 936. The minimum atomic E-state index is -0.203. The van der Waals surface area contributed by atoms with Crippen LogP contribution in [-0.2, 0) is 4.79 Å². The number of phenolic OH excluding ortho intramolecular Hbond substituents is 1. The van der Waals surface area contributed by atoms with Gasteiger partial charge in [0, 0.05) is 18.0 Å². The summed E-state index contributed by atoms with van der Waals surface area (Å²) in [5.41, 5.74) is 1.92. The smallest absolute Gasteiger partial charge is 0.246 e. The van der Waals surface area contributed by atoms with Crippen molar-refractivity contribution in [3.63, 3.8) is 0 Å². The highest BCUT2D eigenvalue weighted by molar-refractivity contribution is 5.89. The van der Waals surface area contributed by atoms with Crippen molar-refractivity contribution in [3.05, 3.63) is 47.6 Å². The van der Waals surface area contributed by atoms with Gasteiger partial charge in [-0.15, -0.1) is 0 Å². The molecule has 7 atom stereocenters. The lowest BCUT2D eigenvalue weighted by Crippen LogP contribution is -2.60. The van der Waals surface area contributed by atoms with Crippen LogP contribution in [-0.4, -0.2) is 40.2 Å². The molecular formula is C26H33NO3. The Kier molecular flexibility index (Phi) is 4.45. The number of aromatic hydroxyl groups is 1. The summed E-state index contributed by atoms with van der Waals surface area (Å²) >= 11 is 0. The molecule has 0 aromatic heterocycles. The number of hydrogen-bond donors (Lipinski definition) is 2. The SMILES string of the molecule is CN1C(=O)C=C[C@]2(C)[C@H]3CC[C@]4(C)[C@@H](O)CC[C@H]4[C@@H]3CC(=Cc3ccccc3O)[C@@H]12. The molecule has 1 aromatic carbocycles. The zero-order chi connectivity index (χ0) is 21.3. The van der Waals surface area contributed by atoms with Gasteiger partial charge in [0.25, 0.3) is 0 Å². The lowest BCUT2D eigenvalue weighted by atomic mass is 9.47. The van der Waals surface area contributed by atoms with Crippen molar-refractivity contribution >= 4 is 12.0 Å². The first-order chi connectivity index (χ1) is 14.3. The number of aliphatic hydroxyl groups excluding tert-OH is 1. The number of rotatable bonds is 1.